The maximum atomic E-state index is 5.78. The number of fused-ring (bicyclic) bond motifs is 1. The number of piperidine rings is 1. The quantitative estimate of drug-likeness (QED) is 0.508. The summed E-state index contributed by atoms with van der Waals surface area (Å²) in [5.74, 6) is 0. The van der Waals surface area contributed by atoms with Crippen LogP contribution in [-0.2, 0) is 0 Å². The molecule has 0 aliphatic carbocycles. The third-order valence-corrected chi connectivity index (χ3v) is 2.76. The molecule has 0 N–H and O–H groups in total. The fourth-order valence-corrected chi connectivity index (χ4v) is 2.09. The molecule has 1 saturated heterocycles. The van der Waals surface area contributed by atoms with Crippen molar-refractivity contribution in [3.8, 4) is 0 Å². The van der Waals surface area contributed by atoms with Crippen molar-refractivity contribution in [2.75, 3.05) is 13.1 Å². The number of nitrogens with zero attached hydrogens (tertiary/aromatic N) is 1. The molecule has 0 aromatic heterocycles. The van der Waals surface area contributed by atoms with Gasteiger partial charge in [0.1, 0.15) is 0 Å². The van der Waals surface area contributed by atoms with Gasteiger partial charge in [-0.25, -0.2) is 0 Å². The van der Waals surface area contributed by atoms with E-state index in [4.69, 9.17) is 6.92 Å². The summed E-state index contributed by atoms with van der Waals surface area (Å²) >= 11 is 0. The van der Waals surface area contributed by atoms with Gasteiger partial charge in [0.05, 0.1) is 0 Å². The second kappa shape index (κ2) is 2.98. The lowest BCUT2D eigenvalue weighted by Crippen LogP contribution is -2.41. The molecule has 1 nitrogen and oxygen atoms in total. The Balaban J connectivity index is 2.07. The summed E-state index contributed by atoms with van der Waals surface area (Å²) in [6, 6.07) is 0.678. The minimum atomic E-state index is 0.678. The van der Waals surface area contributed by atoms with Gasteiger partial charge in [-0.2, -0.15) is 0 Å². The molecule has 0 aromatic carbocycles. The standard InChI is InChI=1S/C10H15N/c1-9-5-7-11-6-3-2-4-10(11)8-9/h1,8,10H,2-7H2. The van der Waals surface area contributed by atoms with Crippen LogP contribution in [-0.4, -0.2) is 24.0 Å². The van der Waals surface area contributed by atoms with Gasteiger partial charge in [-0.1, -0.05) is 18.1 Å². The van der Waals surface area contributed by atoms with Crippen LogP contribution >= 0.6 is 0 Å². The van der Waals surface area contributed by atoms with Crippen molar-refractivity contribution >= 4 is 0 Å². The Kier molecular flexibility index (Phi) is 1.99. The van der Waals surface area contributed by atoms with Crippen LogP contribution in [0.1, 0.15) is 25.7 Å². The molecule has 0 aromatic rings. The molecule has 1 heteroatoms. The Hall–Kier alpha value is -0.300. The molecule has 2 aliphatic heterocycles. The summed E-state index contributed by atoms with van der Waals surface area (Å²) in [6.07, 6.45) is 7.41. The summed E-state index contributed by atoms with van der Waals surface area (Å²) in [5.41, 5.74) is 1.10. The summed E-state index contributed by atoms with van der Waals surface area (Å²) in [5, 5.41) is 0. The third-order valence-electron chi connectivity index (χ3n) is 2.76. The molecular weight excluding hydrogens is 134 g/mol. The van der Waals surface area contributed by atoms with Gasteiger partial charge in [-0.05, 0) is 32.7 Å². The number of rotatable bonds is 0. The van der Waals surface area contributed by atoms with Crippen LogP contribution < -0.4 is 0 Å². The molecule has 0 saturated carbocycles. The first kappa shape index (κ1) is 7.35. The average molecular weight is 149 g/mol. The topological polar surface area (TPSA) is 3.24 Å². The zero-order valence-electron chi connectivity index (χ0n) is 6.92. The molecule has 2 heterocycles. The second-order valence-corrected chi connectivity index (χ2v) is 3.59. The predicted molar refractivity (Wildman–Crippen MR) is 46.2 cm³/mol. The molecule has 1 fully saturated rings. The lowest BCUT2D eigenvalue weighted by atomic mass is 9.95. The predicted octanol–water partition coefficient (Wildman–Crippen LogP) is 1.88. The van der Waals surface area contributed by atoms with Gasteiger partial charge in [-0.3, -0.25) is 4.90 Å². The third kappa shape index (κ3) is 1.48. The normalized spacial score (nSPS) is 32.8. The molecule has 2 rings (SSSR count). The van der Waals surface area contributed by atoms with E-state index in [-0.39, 0.29) is 0 Å². The summed E-state index contributed by atoms with van der Waals surface area (Å²) in [4.78, 5) is 2.56. The Morgan fingerprint density at radius 1 is 1.36 bits per heavy atom. The summed E-state index contributed by atoms with van der Waals surface area (Å²) < 4.78 is 0. The van der Waals surface area contributed by atoms with Crippen molar-refractivity contribution in [1.82, 2.24) is 4.90 Å². The highest BCUT2D eigenvalue weighted by atomic mass is 15.2. The van der Waals surface area contributed by atoms with Crippen LogP contribution in [0.25, 0.3) is 0 Å². The maximum absolute atomic E-state index is 5.78. The molecule has 0 bridgehead atoms. The zero-order valence-corrected chi connectivity index (χ0v) is 6.92. The van der Waals surface area contributed by atoms with Crippen LogP contribution in [0.2, 0.25) is 0 Å². The van der Waals surface area contributed by atoms with Crippen LogP contribution in [0.3, 0.4) is 0 Å². The van der Waals surface area contributed by atoms with Crippen molar-refractivity contribution in [2.45, 2.75) is 31.7 Å². The van der Waals surface area contributed by atoms with Crippen LogP contribution in [0.4, 0.5) is 0 Å². The SMILES string of the molecule is [CH]C1=CC2CCCCN2CC1. The van der Waals surface area contributed by atoms with Crippen molar-refractivity contribution < 1.29 is 0 Å². The fourth-order valence-electron chi connectivity index (χ4n) is 2.09. The van der Waals surface area contributed by atoms with Gasteiger partial charge in [0.2, 0.25) is 0 Å². The average Bonchev–Trinajstić information content (AvgIpc) is 2.04. The summed E-state index contributed by atoms with van der Waals surface area (Å²) in [7, 11) is 0. The van der Waals surface area contributed by atoms with E-state index in [1.807, 2.05) is 0 Å². The van der Waals surface area contributed by atoms with E-state index in [1.54, 1.807) is 0 Å². The molecule has 0 amide bonds. The fraction of sp³-hybridized carbons (Fsp3) is 0.700. The molecule has 2 aliphatic rings. The molecule has 1 atom stereocenters. The molecule has 11 heavy (non-hydrogen) atoms. The van der Waals surface area contributed by atoms with E-state index in [2.05, 4.69) is 11.0 Å². The number of hydrogen-bond acceptors (Lipinski definition) is 1. The van der Waals surface area contributed by atoms with E-state index in [0.29, 0.717) is 6.04 Å². The molecule has 0 spiro atoms. The maximum Gasteiger partial charge on any atom is 0.0281 e. The first-order valence-corrected chi connectivity index (χ1v) is 4.56. The van der Waals surface area contributed by atoms with Gasteiger partial charge in [0.25, 0.3) is 0 Å². The van der Waals surface area contributed by atoms with E-state index in [0.717, 1.165) is 12.0 Å². The number of hydrogen-bond donors (Lipinski definition) is 0. The molecule has 2 radical (unpaired) electrons. The van der Waals surface area contributed by atoms with Crippen LogP contribution in [0.5, 0.6) is 0 Å². The minimum Gasteiger partial charge on any atom is -0.297 e. The lowest BCUT2D eigenvalue weighted by molar-refractivity contribution is 0.172. The summed E-state index contributed by atoms with van der Waals surface area (Å²) in [6.45, 7) is 8.25. The first-order chi connectivity index (χ1) is 5.36. The van der Waals surface area contributed by atoms with E-state index in [9.17, 15) is 0 Å². The van der Waals surface area contributed by atoms with Gasteiger partial charge in [0.15, 0.2) is 0 Å². The van der Waals surface area contributed by atoms with Crippen molar-refractivity contribution in [3.63, 3.8) is 0 Å². The van der Waals surface area contributed by atoms with Crippen LogP contribution in [0, 0.1) is 6.92 Å². The minimum absolute atomic E-state index is 0.678. The van der Waals surface area contributed by atoms with Gasteiger partial charge < -0.3 is 0 Å². The van der Waals surface area contributed by atoms with Crippen molar-refractivity contribution in [1.29, 1.82) is 0 Å². The van der Waals surface area contributed by atoms with Crippen molar-refractivity contribution in [3.05, 3.63) is 18.6 Å². The van der Waals surface area contributed by atoms with Gasteiger partial charge in [0, 0.05) is 12.6 Å². The smallest absolute Gasteiger partial charge is 0.0281 e. The molecule has 60 valence electrons. The van der Waals surface area contributed by atoms with Crippen molar-refractivity contribution in [2.24, 2.45) is 0 Å². The highest BCUT2D eigenvalue weighted by Crippen LogP contribution is 2.23. The van der Waals surface area contributed by atoms with E-state index >= 15 is 0 Å². The van der Waals surface area contributed by atoms with Gasteiger partial charge in [-0.15, -0.1) is 0 Å². The first-order valence-electron chi connectivity index (χ1n) is 4.56. The highest BCUT2D eigenvalue weighted by Gasteiger charge is 2.22. The Morgan fingerprint density at radius 2 is 2.27 bits per heavy atom. The second-order valence-electron chi connectivity index (χ2n) is 3.59. The highest BCUT2D eigenvalue weighted by molar-refractivity contribution is 5.14. The molecule has 1 unspecified atom stereocenters. The lowest BCUT2D eigenvalue weighted by Gasteiger charge is -2.37. The van der Waals surface area contributed by atoms with E-state index in [1.165, 1.54) is 32.4 Å². The largest absolute Gasteiger partial charge is 0.297 e. The monoisotopic (exact) mass is 149 g/mol. The Morgan fingerprint density at radius 3 is 3.18 bits per heavy atom. The molecular formula is C10H15N. The van der Waals surface area contributed by atoms with Gasteiger partial charge >= 0.3 is 0 Å². The Labute approximate surface area is 69.1 Å². The Bertz CT molecular complexity index is 172. The van der Waals surface area contributed by atoms with E-state index < -0.39 is 0 Å². The van der Waals surface area contributed by atoms with Crippen LogP contribution in [0.15, 0.2) is 11.6 Å². The zero-order chi connectivity index (χ0) is 7.68.